The van der Waals surface area contributed by atoms with Crippen LogP contribution in [0, 0.1) is 0 Å². The topological polar surface area (TPSA) is 83.1 Å². The minimum atomic E-state index is -3.80. The van der Waals surface area contributed by atoms with Crippen molar-refractivity contribution in [3.05, 3.63) is 42.5 Å². The molecule has 0 saturated carbocycles. The number of hydrogen-bond acceptors (Lipinski definition) is 6. The second kappa shape index (κ2) is 7.20. The van der Waals surface area contributed by atoms with Crippen molar-refractivity contribution < 1.29 is 27.4 Å². The van der Waals surface area contributed by atoms with Crippen LogP contribution in [0.5, 0.6) is 23.0 Å². The molecule has 0 fully saturated rings. The van der Waals surface area contributed by atoms with E-state index in [9.17, 15) is 8.42 Å². The highest BCUT2D eigenvalue weighted by molar-refractivity contribution is 7.89. The third kappa shape index (κ3) is 3.80. The van der Waals surface area contributed by atoms with Gasteiger partial charge in [0.1, 0.15) is 29.1 Å². The average Bonchev–Trinajstić information content (AvgIpc) is 2.65. The van der Waals surface area contributed by atoms with Crippen molar-refractivity contribution in [3.8, 4) is 23.0 Å². The minimum Gasteiger partial charge on any atom is -0.497 e. The van der Waals surface area contributed by atoms with Crippen LogP contribution in [0.4, 0.5) is 0 Å². The fourth-order valence-electron chi connectivity index (χ4n) is 2.44. The molecule has 1 unspecified atom stereocenters. The molecule has 2 aromatic rings. The van der Waals surface area contributed by atoms with Gasteiger partial charge in [0.15, 0.2) is 11.5 Å². The molecule has 0 saturated heterocycles. The quantitative estimate of drug-likeness (QED) is 0.841. The number of fused-ring (bicyclic) bond motifs is 1. The van der Waals surface area contributed by atoms with Crippen molar-refractivity contribution in [2.75, 3.05) is 27.4 Å². The van der Waals surface area contributed by atoms with Gasteiger partial charge in [0, 0.05) is 6.07 Å². The van der Waals surface area contributed by atoms with E-state index in [1.807, 2.05) is 12.1 Å². The van der Waals surface area contributed by atoms with E-state index in [1.54, 1.807) is 24.3 Å². The average molecular weight is 365 g/mol. The molecule has 8 heteroatoms. The lowest BCUT2D eigenvalue weighted by Crippen LogP contribution is -2.40. The lowest BCUT2D eigenvalue weighted by molar-refractivity contribution is 0.0943. The van der Waals surface area contributed by atoms with Crippen LogP contribution in [0.3, 0.4) is 0 Å². The smallest absolute Gasteiger partial charge is 0.244 e. The van der Waals surface area contributed by atoms with Crippen LogP contribution >= 0.6 is 0 Å². The lowest BCUT2D eigenvalue weighted by Gasteiger charge is -2.26. The molecule has 1 aliphatic rings. The number of rotatable bonds is 6. The zero-order valence-electron chi connectivity index (χ0n) is 13.9. The summed E-state index contributed by atoms with van der Waals surface area (Å²) < 4.78 is 49.4. The van der Waals surface area contributed by atoms with Gasteiger partial charge >= 0.3 is 0 Å². The van der Waals surface area contributed by atoms with Gasteiger partial charge in [-0.15, -0.1) is 0 Å². The van der Waals surface area contributed by atoms with E-state index in [4.69, 9.17) is 18.9 Å². The summed E-state index contributed by atoms with van der Waals surface area (Å²) in [5.41, 5.74) is 0. The van der Waals surface area contributed by atoms with E-state index in [-0.39, 0.29) is 23.8 Å². The van der Waals surface area contributed by atoms with Gasteiger partial charge in [0.05, 0.1) is 20.8 Å². The summed E-state index contributed by atoms with van der Waals surface area (Å²) in [6, 6.07) is 11.8. The van der Waals surface area contributed by atoms with Crippen molar-refractivity contribution in [1.82, 2.24) is 4.72 Å². The summed E-state index contributed by atoms with van der Waals surface area (Å²) in [6.45, 7) is 0.325. The van der Waals surface area contributed by atoms with Gasteiger partial charge in [-0.2, -0.15) is 0 Å². The van der Waals surface area contributed by atoms with Gasteiger partial charge in [-0.3, -0.25) is 0 Å². The number of ether oxygens (including phenoxy) is 4. The van der Waals surface area contributed by atoms with Crippen LogP contribution < -0.4 is 23.7 Å². The zero-order chi connectivity index (χ0) is 17.9. The summed E-state index contributed by atoms with van der Waals surface area (Å²) in [5, 5.41) is 0. The molecule has 3 rings (SSSR count). The van der Waals surface area contributed by atoms with Gasteiger partial charge in [0.25, 0.3) is 0 Å². The van der Waals surface area contributed by atoms with E-state index in [0.717, 1.165) is 0 Å². The molecule has 1 atom stereocenters. The fourth-order valence-corrected chi connectivity index (χ4v) is 3.69. The number of nitrogens with one attached hydrogen (secondary N) is 1. The number of sulfonamides is 1. The summed E-state index contributed by atoms with van der Waals surface area (Å²) in [7, 11) is -0.922. The summed E-state index contributed by atoms with van der Waals surface area (Å²) in [6.07, 6.45) is -0.429. The molecule has 2 aromatic carbocycles. The molecule has 1 aliphatic heterocycles. The van der Waals surface area contributed by atoms with Gasteiger partial charge in [-0.25, -0.2) is 13.1 Å². The maximum absolute atomic E-state index is 12.6. The molecule has 0 amide bonds. The van der Waals surface area contributed by atoms with Crippen molar-refractivity contribution >= 4 is 10.0 Å². The van der Waals surface area contributed by atoms with E-state index in [0.29, 0.717) is 17.2 Å². The van der Waals surface area contributed by atoms with Crippen LogP contribution in [0.1, 0.15) is 0 Å². The van der Waals surface area contributed by atoms with E-state index in [2.05, 4.69) is 4.72 Å². The monoisotopic (exact) mass is 365 g/mol. The second-order valence-electron chi connectivity index (χ2n) is 5.37. The largest absolute Gasteiger partial charge is 0.497 e. The molecule has 0 spiro atoms. The first-order valence-corrected chi connectivity index (χ1v) is 9.12. The summed E-state index contributed by atoms with van der Waals surface area (Å²) in [4.78, 5) is 0.00600. The van der Waals surface area contributed by atoms with Gasteiger partial charge in [-0.1, -0.05) is 12.1 Å². The summed E-state index contributed by atoms with van der Waals surface area (Å²) in [5.74, 6) is 1.90. The van der Waals surface area contributed by atoms with Crippen molar-refractivity contribution in [3.63, 3.8) is 0 Å². The first kappa shape index (κ1) is 17.4. The first-order chi connectivity index (χ1) is 12.0. The van der Waals surface area contributed by atoms with Crippen molar-refractivity contribution in [2.45, 2.75) is 11.0 Å². The number of hydrogen-bond donors (Lipinski definition) is 1. The van der Waals surface area contributed by atoms with Crippen molar-refractivity contribution in [2.24, 2.45) is 0 Å². The fraction of sp³-hybridized carbons (Fsp3) is 0.294. The third-order valence-electron chi connectivity index (χ3n) is 3.73. The maximum atomic E-state index is 12.6. The third-order valence-corrected chi connectivity index (χ3v) is 5.17. The van der Waals surface area contributed by atoms with Crippen LogP contribution in [-0.4, -0.2) is 41.9 Å². The Kier molecular flexibility index (Phi) is 5.00. The molecule has 0 radical (unpaired) electrons. The van der Waals surface area contributed by atoms with E-state index >= 15 is 0 Å². The Bertz CT molecular complexity index is 852. The molecule has 1 N–H and O–H groups in total. The maximum Gasteiger partial charge on any atom is 0.244 e. The second-order valence-corrected chi connectivity index (χ2v) is 7.10. The molecule has 0 bridgehead atoms. The lowest BCUT2D eigenvalue weighted by atomic mass is 10.2. The number of methoxy groups -OCH3 is 2. The molecule has 0 aromatic heterocycles. The molecular formula is C17H19NO6S. The van der Waals surface area contributed by atoms with Gasteiger partial charge in [0.2, 0.25) is 10.0 Å². The SMILES string of the molecule is COc1ccc(OC)c(S(=O)(=O)NCC2COc3ccccc3O2)c1. The van der Waals surface area contributed by atoms with Crippen LogP contribution in [0.2, 0.25) is 0 Å². The Morgan fingerprint density at radius 3 is 2.60 bits per heavy atom. The number of benzene rings is 2. The Balaban J connectivity index is 1.73. The molecule has 0 aliphatic carbocycles. The molecule has 7 nitrogen and oxygen atoms in total. The van der Waals surface area contributed by atoms with Crippen LogP contribution in [0.15, 0.2) is 47.4 Å². The highest BCUT2D eigenvalue weighted by Crippen LogP contribution is 2.31. The Hall–Kier alpha value is -2.45. The Labute approximate surface area is 146 Å². The van der Waals surface area contributed by atoms with E-state index in [1.165, 1.54) is 20.3 Å². The molecule has 25 heavy (non-hydrogen) atoms. The molecule has 134 valence electrons. The van der Waals surface area contributed by atoms with Crippen molar-refractivity contribution in [1.29, 1.82) is 0 Å². The normalized spacial score (nSPS) is 16.3. The minimum absolute atomic E-state index is 0.00600. The van der Waals surface area contributed by atoms with Gasteiger partial charge in [-0.05, 0) is 24.3 Å². The van der Waals surface area contributed by atoms with Gasteiger partial charge < -0.3 is 18.9 Å². The Morgan fingerprint density at radius 2 is 1.88 bits per heavy atom. The zero-order valence-corrected chi connectivity index (χ0v) is 14.7. The predicted molar refractivity (Wildman–Crippen MR) is 91.1 cm³/mol. The van der Waals surface area contributed by atoms with Crippen LogP contribution in [-0.2, 0) is 10.0 Å². The molecular weight excluding hydrogens is 346 g/mol. The first-order valence-electron chi connectivity index (χ1n) is 7.63. The summed E-state index contributed by atoms with van der Waals surface area (Å²) >= 11 is 0. The highest BCUT2D eigenvalue weighted by atomic mass is 32.2. The van der Waals surface area contributed by atoms with Crippen LogP contribution in [0.25, 0.3) is 0 Å². The number of para-hydroxylation sites is 2. The molecule has 1 heterocycles. The van der Waals surface area contributed by atoms with E-state index < -0.39 is 16.1 Å². The highest BCUT2D eigenvalue weighted by Gasteiger charge is 2.25. The standard InChI is InChI=1S/C17H19NO6S/c1-21-12-7-8-16(22-2)17(9-12)25(19,20)18-10-13-11-23-14-5-3-4-6-15(14)24-13/h3-9,13,18H,10-11H2,1-2H3. The Morgan fingerprint density at radius 1 is 1.12 bits per heavy atom. The predicted octanol–water partition coefficient (Wildman–Crippen LogP) is 1.82.